The first-order chi connectivity index (χ1) is 9.95. The van der Waals surface area contributed by atoms with Gasteiger partial charge in [0.15, 0.2) is 0 Å². The van der Waals surface area contributed by atoms with Crippen molar-refractivity contribution in [3.8, 4) is 5.75 Å². The van der Waals surface area contributed by atoms with Crippen molar-refractivity contribution in [3.63, 3.8) is 0 Å². The monoisotopic (exact) mass is 314 g/mol. The van der Waals surface area contributed by atoms with Crippen molar-refractivity contribution in [1.29, 1.82) is 0 Å². The van der Waals surface area contributed by atoms with Gasteiger partial charge in [-0.3, -0.25) is 19.7 Å². The normalized spacial score (nSPS) is 9.95. The average molecular weight is 314 g/mol. The summed E-state index contributed by atoms with van der Waals surface area (Å²) >= 11 is 1.16. The van der Waals surface area contributed by atoms with E-state index in [-0.39, 0.29) is 29.3 Å². The molecule has 1 aromatic rings. The summed E-state index contributed by atoms with van der Waals surface area (Å²) in [5, 5.41) is 21.7. The Balaban J connectivity index is 2.65. The van der Waals surface area contributed by atoms with E-state index in [1.54, 1.807) is 0 Å². The summed E-state index contributed by atoms with van der Waals surface area (Å²) < 4.78 is 4.99. The van der Waals surface area contributed by atoms with Gasteiger partial charge in [-0.05, 0) is 6.07 Å². The van der Waals surface area contributed by atoms with Crippen molar-refractivity contribution in [1.82, 2.24) is 5.32 Å². The number of ether oxygens (including phenoxy) is 1. The Morgan fingerprint density at radius 3 is 2.76 bits per heavy atom. The lowest BCUT2D eigenvalue weighted by Gasteiger charge is -2.09. The van der Waals surface area contributed by atoms with E-state index in [4.69, 9.17) is 9.84 Å². The van der Waals surface area contributed by atoms with Crippen molar-refractivity contribution in [2.24, 2.45) is 0 Å². The van der Waals surface area contributed by atoms with Crippen molar-refractivity contribution >= 4 is 29.3 Å². The van der Waals surface area contributed by atoms with E-state index >= 15 is 0 Å². The highest BCUT2D eigenvalue weighted by Gasteiger charge is 2.17. The number of carbonyl (C=O) groups is 2. The number of thioether (sulfide) groups is 1. The lowest BCUT2D eigenvalue weighted by atomic mass is 10.1. The van der Waals surface area contributed by atoms with Crippen molar-refractivity contribution in [3.05, 3.63) is 33.9 Å². The Labute approximate surface area is 124 Å². The molecule has 9 heteroatoms. The molecule has 1 amide bonds. The smallest absolute Gasteiger partial charge is 0.313 e. The van der Waals surface area contributed by atoms with Crippen LogP contribution in [0, 0.1) is 10.1 Å². The minimum atomic E-state index is -0.924. The van der Waals surface area contributed by atoms with Crippen LogP contribution in [0.2, 0.25) is 0 Å². The number of amides is 1. The number of hydrogen-bond acceptors (Lipinski definition) is 6. The quantitative estimate of drug-likeness (QED) is 0.419. The fourth-order valence-corrected chi connectivity index (χ4v) is 2.04. The van der Waals surface area contributed by atoms with E-state index in [0.29, 0.717) is 5.75 Å². The van der Waals surface area contributed by atoms with Crippen LogP contribution in [0.5, 0.6) is 5.75 Å². The van der Waals surface area contributed by atoms with Crippen LogP contribution in [0.25, 0.3) is 0 Å². The molecular weight excluding hydrogens is 300 g/mol. The van der Waals surface area contributed by atoms with Crippen LogP contribution in [0.3, 0.4) is 0 Å². The number of hydrogen-bond donors (Lipinski definition) is 2. The van der Waals surface area contributed by atoms with Gasteiger partial charge in [-0.2, -0.15) is 0 Å². The van der Waals surface area contributed by atoms with Gasteiger partial charge in [0, 0.05) is 24.4 Å². The van der Waals surface area contributed by atoms with E-state index in [9.17, 15) is 19.7 Å². The Kier molecular flexibility index (Phi) is 6.47. The molecule has 2 N–H and O–H groups in total. The molecule has 0 atom stereocenters. The zero-order chi connectivity index (χ0) is 15.8. The summed E-state index contributed by atoms with van der Waals surface area (Å²) in [5.74, 6) is -0.819. The zero-order valence-electron chi connectivity index (χ0n) is 11.2. The zero-order valence-corrected chi connectivity index (χ0v) is 12.0. The van der Waals surface area contributed by atoms with Gasteiger partial charge < -0.3 is 15.2 Å². The molecule has 0 unspecified atom stereocenters. The van der Waals surface area contributed by atoms with Crippen molar-refractivity contribution < 1.29 is 24.4 Å². The number of non-ortho nitro benzene ring substituents is 1. The first-order valence-corrected chi connectivity index (χ1v) is 7.01. The minimum Gasteiger partial charge on any atom is -0.496 e. The van der Waals surface area contributed by atoms with Crippen LogP contribution in [-0.2, 0) is 4.79 Å². The maximum absolute atomic E-state index is 12.0. The van der Waals surface area contributed by atoms with E-state index < -0.39 is 16.8 Å². The molecule has 0 aliphatic heterocycles. The third-order valence-electron chi connectivity index (χ3n) is 2.40. The number of carbonyl (C=O) groups excluding carboxylic acids is 1. The second-order valence-corrected chi connectivity index (χ2v) is 4.95. The van der Waals surface area contributed by atoms with Gasteiger partial charge in [0.05, 0.1) is 23.3 Å². The number of rotatable bonds is 8. The highest BCUT2D eigenvalue weighted by Crippen LogP contribution is 2.23. The molecule has 0 bridgehead atoms. The maximum Gasteiger partial charge on any atom is 0.313 e. The highest BCUT2D eigenvalue weighted by atomic mass is 32.2. The van der Waals surface area contributed by atoms with Gasteiger partial charge in [-0.1, -0.05) is 0 Å². The van der Waals surface area contributed by atoms with Gasteiger partial charge in [0.1, 0.15) is 5.75 Å². The lowest BCUT2D eigenvalue weighted by molar-refractivity contribution is -0.384. The molecule has 21 heavy (non-hydrogen) atoms. The van der Waals surface area contributed by atoms with E-state index in [1.165, 1.54) is 19.2 Å². The molecule has 0 fully saturated rings. The second kappa shape index (κ2) is 8.10. The van der Waals surface area contributed by atoms with E-state index in [1.807, 2.05) is 0 Å². The molecule has 0 aliphatic rings. The van der Waals surface area contributed by atoms with E-state index in [0.717, 1.165) is 17.8 Å². The summed E-state index contributed by atoms with van der Waals surface area (Å²) in [7, 11) is 1.36. The maximum atomic E-state index is 12.0. The summed E-state index contributed by atoms with van der Waals surface area (Å²) in [5.41, 5.74) is -0.142. The molecule has 0 aromatic heterocycles. The van der Waals surface area contributed by atoms with E-state index in [2.05, 4.69) is 5.32 Å². The number of nitrogens with zero attached hydrogens (tertiary/aromatic N) is 1. The number of carboxylic acid groups (broad SMARTS) is 1. The predicted octanol–water partition coefficient (Wildman–Crippen LogP) is 1.15. The molecular formula is C12H14N2O6S. The van der Waals surface area contributed by atoms with Gasteiger partial charge in [0.2, 0.25) is 0 Å². The molecule has 0 spiro atoms. The molecule has 1 aromatic carbocycles. The van der Waals surface area contributed by atoms with Crippen LogP contribution in [0.1, 0.15) is 10.4 Å². The molecule has 0 radical (unpaired) electrons. The van der Waals surface area contributed by atoms with Gasteiger partial charge in [-0.15, -0.1) is 11.8 Å². The molecule has 0 heterocycles. The number of aliphatic carboxylic acids is 1. The average Bonchev–Trinajstić information content (AvgIpc) is 2.45. The molecule has 0 aliphatic carbocycles. The van der Waals surface area contributed by atoms with Crippen LogP contribution in [0.4, 0.5) is 5.69 Å². The van der Waals surface area contributed by atoms with Crippen LogP contribution in [0.15, 0.2) is 18.2 Å². The summed E-state index contributed by atoms with van der Waals surface area (Å²) in [6, 6.07) is 3.74. The van der Waals surface area contributed by atoms with Crippen LogP contribution in [-0.4, -0.2) is 47.1 Å². The molecule has 0 saturated carbocycles. The number of carboxylic acids is 1. The Hall–Kier alpha value is -2.29. The minimum absolute atomic E-state index is 0.0456. The van der Waals surface area contributed by atoms with Crippen molar-refractivity contribution in [2.75, 3.05) is 25.2 Å². The number of nitro groups is 1. The van der Waals surface area contributed by atoms with Gasteiger partial charge in [-0.25, -0.2) is 0 Å². The largest absolute Gasteiger partial charge is 0.496 e. The van der Waals surface area contributed by atoms with Crippen LogP contribution >= 0.6 is 11.8 Å². The Morgan fingerprint density at radius 1 is 1.48 bits per heavy atom. The standard InChI is InChI=1S/C12H14N2O6S/c1-20-10-3-2-8(14(18)19)6-9(10)12(17)13-4-5-21-7-11(15)16/h2-3,6H,4-5,7H2,1H3,(H,13,17)(H,15,16). The number of nitrogens with one attached hydrogen (secondary N) is 1. The Bertz CT molecular complexity index is 549. The first-order valence-electron chi connectivity index (χ1n) is 5.86. The second-order valence-electron chi connectivity index (χ2n) is 3.84. The molecule has 0 saturated heterocycles. The van der Waals surface area contributed by atoms with Crippen molar-refractivity contribution in [2.45, 2.75) is 0 Å². The molecule has 114 valence electrons. The fourth-order valence-electron chi connectivity index (χ4n) is 1.48. The SMILES string of the molecule is COc1ccc([N+](=O)[O-])cc1C(=O)NCCSCC(=O)O. The third-order valence-corrected chi connectivity index (χ3v) is 3.34. The number of nitro benzene ring substituents is 1. The summed E-state index contributed by atoms with van der Waals surface area (Å²) in [6.45, 7) is 0.253. The first kappa shape index (κ1) is 16.8. The lowest BCUT2D eigenvalue weighted by Crippen LogP contribution is -2.26. The molecule has 8 nitrogen and oxygen atoms in total. The third kappa shape index (κ3) is 5.30. The summed E-state index contributed by atoms with van der Waals surface area (Å²) in [6.07, 6.45) is 0. The van der Waals surface area contributed by atoms with Crippen LogP contribution < -0.4 is 10.1 Å². The number of methoxy groups -OCH3 is 1. The Morgan fingerprint density at radius 2 is 2.19 bits per heavy atom. The molecule has 1 rings (SSSR count). The number of benzene rings is 1. The van der Waals surface area contributed by atoms with Gasteiger partial charge >= 0.3 is 5.97 Å². The predicted molar refractivity (Wildman–Crippen MR) is 76.9 cm³/mol. The van der Waals surface area contributed by atoms with Gasteiger partial charge in [0.25, 0.3) is 11.6 Å². The highest BCUT2D eigenvalue weighted by molar-refractivity contribution is 7.99. The summed E-state index contributed by atoms with van der Waals surface area (Å²) in [4.78, 5) is 32.4. The topological polar surface area (TPSA) is 119 Å². The fraction of sp³-hybridized carbons (Fsp3) is 0.333.